The van der Waals surface area contributed by atoms with Gasteiger partial charge in [0.05, 0.1) is 24.9 Å². The van der Waals surface area contributed by atoms with Crippen LogP contribution in [0.3, 0.4) is 0 Å². The number of hydrogen-bond acceptors (Lipinski definition) is 2. The second-order valence-corrected chi connectivity index (χ2v) is 4.80. The summed E-state index contributed by atoms with van der Waals surface area (Å²) in [6.07, 6.45) is 1.87. The average Bonchev–Trinajstić information content (AvgIpc) is 2.83. The van der Waals surface area contributed by atoms with E-state index in [2.05, 4.69) is 24.2 Å². The molecule has 0 aliphatic heterocycles. The molecule has 0 amide bonds. The third kappa shape index (κ3) is 2.25. The van der Waals surface area contributed by atoms with Gasteiger partial charge in [0.15, 0.2) is 0 Å². The van der Waals surface area contributed by atoms with Crippen LogP contribution in [0.2, 0.25) is 0 Å². The van der Waals surface area contributed by atoms with Gasteiger partial charge in [0.25, 0.3) is 0 Å². The lowest BCUT2D eigenvalue weighted by Gasteiger charge is -2.07. The van der Waals surface area contributed by atoms with E-state index in [-0.39, 0.29) is 6.61 Å². The van der Waals surface area contributed by atoms with Crippen molar-refractivity contribution in [2.75, 3.05) is 0 Å². The molecule has 1 aromatic heterocycles. The summed E-state index contributed by atoms with van der Waals surface area (Å²) in [5.74, 6) is 0. The molecule has 0 spiro atoms. The minimum atomic E-state index is 0.0701. The van der Waals surface area contributed by atoms with Crippen molar-refractivity contribution in [1.29, 1.82) is 0 Å². The highest BCUT2D eigenvalue weighted by Gasteiger charge is 2.07. The fourth-order valence-electron chi connectivity index (χ4n) is 2.49. The molecule has 0 atom stereocenters. The van der Waals surface area contributed by atoms with Crippen LogP contribution in [0.25, 0.3) is 10.9 Å². The molecule has 3 heteroatoms. The molecule has 3 rings (SSSR count). The van der Waals surface area contributed by atoms with Crippen LogP contribution in [0, 0.1) is 6.92 Å². The second-order valence-electron chi connectivity index (χ2n) is 4.80. The van der Waals surface area contributed by atoms with Gasteiger partial charge in [-0.2, -0.15) is 5.10 Å². The molecule has 0 saturated carbocycles. The van der Waals surface area contributed by atoms with Gasteiger partial charge >= 0.3 is 0 Å². The molecule has 0 aliphatic rings. The first-order valence-corrected chi connectivity index (χ1v) is 6.38. The summed E-state index contributed by atoms with van der Waals surface area (Å²) in [5, 5.41) is 14.8. The molecule has 19 heavy (non-hydrogen) atoms. The highest BCUT2D eigenvalue weighted by atomic mass is 16.3. The van der Waals surface area contributed by atoms with Crippen LogP contribution in [0.1, 0.15) is 16.7 Å². The highest BCUT2D eigenvalue weighted by molar-refractivity contribution is 5.82. The Bertz CT molecular complexity index is 701. The third-order valence-corrected chi connectivity index (χ3v) is 3.34. The van der Waals surface area contributed by atoms with Crippen molar-refractivity contribution in [1.82, 2.24) is 9.78 Å². The van der Waals surface area contributed by atoms with Crippen LogP contribution in [0.15, 0.2) is 48.7 Å². The Morgan fingerprint density at radius 2 is 1.89 bits per heavy atom. The van der Waals surface area contributed by atoms with Crippen molar-refractivity contribution in [3.63, 3.8) is 0 Å². The largest absolute Gasteiger partial charge is 0.392 e. The van der Waals surface area contributed by atoms with E-state index in [1.165, 1.54) is 5.56 Å². The van der Waals surface area contributed by atoms with E-state index in [9.17, 15) is 5.11 Å². The van der Waals surface area contributed by atoms with Gasteiger partial charge in [0.1, 0.15) is 0 Å². The normalized spacial score (nSPS) is 11.1. The zero-order valence-electron chi connectivity index (χ0n) is 10.9. The maximum Gasteiger partial charge on any atom is 0.0715 e. The second kappa shape index (κ2) is 4.86. The quantitative estimate of drug-likeness (QED) is 0.778. The number of nitrogens with zero attached hydrogens (tertiary/aromatic N) is 2. The van der Waals surface area contributed by atoms with Crippen LogP contribution in [0.5, 0.6) is 0 Å². The molecule has 0 saturated heterocycles. The molecule has 0 aliphatic carbocycles. The van der Waals surface area contributed by atoms with Crippen molar-refractivity contribution in [3.8, 4) is 0 Å². The Hall–Kier alpha value is -2.13. The zero-order chi connectivity index (χ0) is 13.2. The molecular formula is C16H16N2O. The Kier molecular flexibility index (Phi) is 3.05. The molecule has 1 N–H and O–H groups in total. The highest BCUT2D eigenvalue weighted by Crippen LogP contribution is 2.21. The van der Waals surface area contributed by atoms with Crippen molar-refractivity contribution in [2.24, 2.45) is 0 Å². The van der Waals surface area contributed by atoms with Gasteiger partial charge in [0.2, 0.25) is 0 Å². The van der Waals surface area contributed by atoms with Gasteiger partial charge in [0, 0.05) is 5.39 Å². The summed E-state index contributed by atoms with van der Waals surface area (Å²) in [6, 6.07) is 14.3. The maximum atomic E-state index is 9.24. The zero-order valence-corrected chi connectivity index (χ0v) is 10.9. The molecule has 3 nitrogen and oxygen atoms in total. The minimum absolute atomic E-state index is 0.0701. The minimum Gasteiger partial charge on any atom is -0.392 e. The van der Waals surface area contributed by atoms with E-state index in [0.717, 1.165) is 28.6 Å². The summed E-state index contributed by atoms with van der Waals surface area (Å²) < 4.78 is 2.02. The molecule has 0 radical (unpaired) electrons. The van der Waals surface area contributed by atoms with E-state index < -0.39 is 0 Å². The van der Waals surface area contributed by atoms with Crippen LogP contribution >= 0.6 is 0 Å². The monoisotopic (exact) mass is 252 g/mol. The van der Waals surface area contributed by atoms with Gasteiger partial charge in [-0.25, -0.2) is 0 Å². The van der Waals surface area contributed by atoms with Crippen LogP contribution < -0.4 is 0 Å². The van der Waals surface area contributed by atoms with Gasteiger partial charge in [-0.3, -0.25) is 4.68 Å². The number of aliphatic hydroxyl groups is 1. The van der Waals surface area contributed by atoms with E-state index in [0.29, 0.717) is 0 Å². The summed E-state index contributed by atoms with van der Waals surface area (Å²) in [7, 11) is 0. The van der Waals surface area contributed by atoms with Crippen LogP contribution in [-0.2, 0) is 13.2 Å². The van der Waals surface area contributed by atoms with Gasteiger partial charge in [-0.15, -0.1) is 0 Å². The van der Waals surface area contributed by atoms with Crippen molar-refractivity contribution in [3.05, 3.63) is 65.4 Å². The fraction of sp³-hybridized carbons (Fsp3) is 0.188. The van der Waals surface area contributed by atoms with E-state index in [1.807, 2.05) is 41.2 Å². The van der Waals surface area contributed by atoms with Crippen LogP contribution in [-0.4, -0.2) is 14.9 Å². The molecule has 0 bridgehead atoms. The smallest absolute Gasteiger partial charge is 0.0715 e. The van der Waals surface area contributed by atoms with Crippen LogP contribution in [0.4, 0.5) is 0 Å². The van der Waals surface area contributed by atoms with Crippen molar-refractivity contribution >= 4 is 10.9 Å². The van der Waals surface area contributed by atoms with Crippen molar-refractivity contribution < 1.29 is 5.11 Å². The topological polar surface area (TPSA) is 38.1 Å². The molecule has 96 valence electrons. The predicted octanol–water partition coefficient (Wildman–Crippen LogP) is 2.89. The summed E-state index contributed by atoms with van der Waals surface area (Å²) in [5.41, 5.74) is 4.46. The molecule has 3 aromatic rings. The summed E-state index contributed by atoms with van der Waals surface area (Å²) in [4.78, 5) is 0. The molecule has 0 fully saturated rings. The van der Waals surface area contributed by atoms with Crippen molar-refractivity contribution in [2.45, 2.75) is 20.1 Å². The Morgan fingerprint density at radius 1 is 1.11 bits per heavy atom. The Balaban J connectivity index is 2.06. The number of rotatable bonds is 3. The van der Waals surface area contributed by atoms with E-state index in [1.54, 1.807) is 0 Å². The summed E-state index contributed by atoms with van der Waals surface area (Å²) in [6.45, 7) is 2.90. The van der Waals surface area contributed by atoms with E-state index >= 15 is 0 Å². The first-order valence-electron chi connectivity index (χ1n) is 6.38. The van der Waals surface area contributed by atoms with Gasteiger partial charge < -0.3 is 5.11 Å². The van der Waals surface area contributed by atoms with Gasteiger partial charge in [-0.05, 0) is 29.7 Å². The SMILES string of the molecule is Cc1cc(CO)cc2cnn(Cc3ccccc3)c12. The van der Waals surface area contributed by atoms with Gasteiger partial charge in [-0.1, -0.05) is 36.4 Å². The lowest BCUT2D eigenvalue weighted by molar-refractivity contribution is 0.282. The predicted molar refractivity (Wildman–Crippen MR) is 75.9 cm³/mol. The lowest BCUT2D eigenvalue weighted by atomic mass is 10.1. The maximum absolute atomic E-state index is 9.24. The number of hydrogen-bond donors (Lipinski definition) is 1. The Labute approximate surface area is 112 Å². The first-order chi connectivity index (χ1) is 9.28. The summed E-state index contributed by atoms with van der Waals surface area (Å²) >= 11 is 0. The standard InChI is InChI=1S/C16H16N2O/c1-12-7-14(11-19)8-15-9-17-18(16(12)15)10-13-5-3-2-4-6-13/h2-9,19H,10-11H2,1H3. The molecule has 0 unspecified atom stereocenters. The number of benzene rings is 2. The van der Waals surface area contributed by atoms with E-state index in [4.69, 9.17) is 0 Å². The fourth-order valence-corrected chi connectivity index (χ4v) is 2.49. The first kappa shape index (κ1) is 11.9. The molecule has 1 heterocycles. The Morgan fingerprint density at radius 3 is 2.63 bits per heavy atom. The number of aliphatic hydroxyl groups excluding tert-OH is 1. The number of fused-ring (bicyclic) bond motifs is 1. The third-order valence-electron chi connectivity index (χ3n) is 3.34. The number of aromatic nitrogens is 2. The molecule has 2 aromatic carbocycles. The average molecular weight is 252 g/mol. The lowest BCUT2D eigenvalue weighted by Crippen LogP contribution is -2.02. The number of aryl methyl sites for hydroxylation is 1. The molecular weight excluding hydrogens is 236 g/mol.